The van der Waals surface area contributed by atoms with Crippen molar-refractivity contribution in [2.45, 2.75) is 25.8 Å². The average Bonchev–Trinajstić information content (AvgIpc) is 2.68. The van der Waals surface area contributed by atoms with Crippen molar-refractivity contribution in [3.63, 3.8) is 0 Å². The molecule has 1 heterocycles. The van der Waals surface area contributed by atoms with E-state index in [-0.39, 0.29) is 24.5 Å². The number of hydrogen-bond donors (Lipinski definition) is 1. The Hall–Kier alpha value is -2.79. The Balaban J connectivity index is 1.60. The first-order valence-electron chi connectivity index (χ1n) is 8.93. The molecular formula is C20H17F6NO4. The number of halogens is 6. The molecule has 1 saturated heterocycles. The van der Waals surface area contributed by atoms with E-state index in [4.69, 9.17) is 9.47 Å². The molecule has 1 fully saturated rings. The molecule has 31 heavy (non-hydrogen) atoms. The molecule has 0 radical (unpaired) electrons. The minimum Gasteiger partial charge on any atom is -0.406 e. The van der Waals surface area contributed by atoms with Gasteiger partial charge in [-0.05, 0) is 43.3 Å². The van der Waals surface area contributed by atoms with Gasteiger partial charge in [0.25, 0.3) is 0 Å². The first-order valence-corrected chi connectivity index (χ1v) is 8.93. The van der Waals surface area contributed by atoms with E-state index in [0.29, 0.717) is 0 Å². The number of carbonyl (C=O) groups excluding carboxylic acids is 1. The molecule has 1 N–H and O–H groups in total. The SMILES string of the molecule is CC1(C(=O)Nc2ccc(OC(F)(F)F)cc2)COC(c2cccc(C(F)(F)F)c2)OC1. The van der Waals surface area contributed by atoms with E-state index in [2.05, 4.69) is 10.1 Å². The third-order valence-corrected chi connectivity index (χ3v) is 4.49. The summed E-state index contributed by atoms with van der Waals surface area (Å²) in [6, 6.07) is 9.06. The van der Waals surface area contributed by atoms with Gasteiger partial charge < -0.3 is 19.5 Å². The summed E-state index contributed by atoms with van der Waals surface area (Å²) in [6.07, 6.45) is -10.4. The van der Waals surface area contributed by atoms with Crippen LogP contribution in [0.4, 0.5) is 32.0 Å². The fraction of sp³-hybridized carbons (Fsp3) is 0.350. The molecule has 168 valence electrons. The monoisotopic (exact) mass is 449 g/mol. The highest BCUT2D eigenvalue weighted by Gasteiger charge is 2.40. The largest absolute Gasteiger partial charge is 0.573 e. The van der Waals surface area contributed by atoms with Crippen LogP contribution in [0.15, 0.2) is 48.5 Å². The van der Waals surface area contributed by atoms with Gasteiger partial charge in [0.1, 0.15) is 5.75 Å². The Morgan fingerprint density at radius 2 is 1.65 bits per heavy atom. The second kappa shape index (κ2) is 8.39. The van der Waals surface area contributed by atoms with Gasteiger partial charge in [-0.3, -0.25) is 4.79 Å². The zero-order valence-electron chi connectivity index (χ0n) is 16.0. The van der Waals surface area contributed by atoms with Crippen molar-refractivity contribution in [3.05, 3.63) is 59.7 Å². The zero-order valence-corrected chi connectivity index (χ0v) is 16.0. The Kier molecular flexibility index (Phi) is 6.19. The lowest BCUT2D eigenvalue weighted by molar-refractivity contribution is -0.274. The van der Waals surface area contributed by atoms with Gasteiger partial charge in [0, 0.05) is 11.3 Å². The number of rotatable bonds is 4. The molecule has 2 aromatic rings. The molecule has 0 aromatic heterocycles. The number of amides is 1. The molecular weight excluding hydrogens is 432 g/mol. The Bertz CT molecular complexity index is 919. The van der Waals surface area contributed by atoms with Crippen molar-refractivity contribution >= 4 is 11.6 Å². The highest BCUT2D eigenvalue weighted by atomic mass is 19.4. The van der Waals surface area contributed by atoms with E-state index >= 15 is 0 Å². The number of benzene rings is 2. The van der Waals surface area contributed by atoms with Crippen molar-refractivity contribution in [3.8, 4) is 5.75 Å². The molecule has 1 amide bonds. The number of ether oxygens (including phenoxy) is 3. The lowest BCUT2D eigenvalue weighted by Gasteiger charge is -2.36. The fourth-order valence-corrected chi connectivity index (χ4v) is 2.82. The maximum Gasteiger partial charge on any atom is 0.573 e. The topological polar surface area (TPSA) is 56.8 Å². The van der Waals surface area contributed by atoms with Crippen LogP contribution in [0.25, 0.3) is 0 Å². The van der Waals surface area contributed by atoms with Crippen LogP contribution in [0, 0.1) is 5.41 Å². The van der Waals surface area contributed by atoms with Crippen molar-refractivity contribution in [2.24, 2.45) is 5.41 Å². The molecule has 0 unspecified atom stereocenters. The number of nitrogens with one attached hydrogen (secondary N) is 1. The Labute approximate surface area is 172 Å². The van der Waals surface area contributed by atoms with Gasteiger partial charge >= 0.3 is 12.5 Å². The van der Waals surface area contributed by atoms with Crippen LogP contribution >= 0.6 is 0 Å². The van der Waals surface area contributed by atoms with Gasteiger partial charge in [-0.1, -0.05) is 12.1 Å². The quantitative estimate of drug-likeness (QED) is 0.645. The smallest absolute Gasteiger partial charge is 0.406 e. The molecule has 0 aliphatic carbocycles. The average molecular weight is 449 g/mol. The van der Waals surface area contributed by atoms with Crippen LogP contribution in [-0.2, 0) is 20.4 Å². The minimum absolute atomic E-state index is 0.144. The fourth-order valence-electron chi connectivity index (χ4n) is 2.82. The summed E-state index contributed by atoms with van der Waals surface area (Å²) in [7, 11) is 0. The molecule has 5 nitrogen and oxygen atoms in total. The zero-order chi connectivity index (χ0) is 22.9. The van der Waals surface area contributed by atoms with Crippen molar-refractivity contribution in [1.82, 2.24) is 0 Å². The number of hydrogen-bond acceptors (Lipinski definition) is 4. The van der Waals surface area contributed by atoms with Crippen LogP contribution in [0.1, 0.15) is 24.3 Å². The maximum absolute atomic E-state index is 12.9. The van der Waals surface area contributed by atoms with Gasteiger partial charge in [-0.15, -0.1) is 13.2 Å². The summed E-state index contributed by atoms with van der Waals surface area (Å²) >= 11 is 0. The lowest BCUT2D eigenvalue weighted by atomic mass is 9.90. The van der Waals surface area contributed by atoms with Gasteiger partial charge in [0.2, 0.25) is 5.91 Å². The third kappa shape index (κ3) is 5.88. The number of anilines is 1. The van der Waals surface area contributed by atoms with E-state index < -0.39 is 41.5 Å². The minimum atomic E-state index is -4.83. The second-order valence-corrected chi connectivity index (χ2v) is 7.16. The summed E-state index contributed by atoms with van der Waals surface area (Å²) in [5.41, 5.74) is -1.63. The summed E-state index contributed by atoms with van der Waals surface area (Å²) in [4.78, 5) is 12.6. The van der Waals surface area contributed by atoms with Crippen LogP contribution in [-0.4, -0.2) is 25.5 Å². The van der Waals surface area contributed by atoms with Crippen molar-refractivity contribution < 1.29 is 45.3 Å². The highest BCUT2D eigenvalue weighted by Crippen LogP contribution is 2.36. The van der Waals surface area contributed by atoms with Gasteiger partial charge in [-0.25, -0.2) is 0 Å². The molecule has 0 atom stereocenters. The molecule has 11 heteroatoms. The molecule has 1 aliphatic rings. The van der Waals surface area contributed by atoms with E-state index in [1.807, 2.05) is 0 Å². The van der Waals surface area contributed by atoms with Crippen molar-refractivity contribution in [2.75, 3.05) is 18.5 Å². The predicted molar refractivity (Wildman–Crippen MR) is 96.0 cm³/mol. The normalized spacial score (nSPS) is 22.1. The van der Waals surface area contributed by atoms with Crippen LogP contribution < -0.4 is 10.1 Å². The molecule has 2 aromatic carbocycles. The summed E-state index contributed by atoms with van der Waals surface area (Å²) < 4.78 is 90.0. The Morgan fingerprint density at radius 1 is 1.03 bits per heavy atom. The maximum atomic E-state index is 12.9. The number of alkyl halides is 6. The lowest BCUT2D eigenvalue weighted by Crippen LogP contribution is -2.45. The van der Waals surface area contributed by atoms with Gasteiger partial charge in [-0.2, -0.15) is 13.2 Å². The van der Waals surface area contributed by atoms with Crippen molar-refractivity contribution in [1.29, 1.82) is 0 Å². The first kappa shape index (κ1) is 22.9. The summed E-state index contributed by atoms with van der Waals surface area (Å²) in [5, 5.41) is 2.54. The van der Waals surface area contributed by atoms with Crippen LogP contribution in [0.2, 0.25) is 0 Å². The van der Waals surface area contributed by atoms with E-state index in [1.54, 1.807) is 0 Å². The summed E-state index contributed by atoms with van der Waals surface area (Å²) in [5.74, 6) is -0.968. The van der Waals surface area contributed by atoms with E-state index in [9.17, 15) is 31.1 Å². The van der Waals surface area contributed by atoms with E-state index in [1.165, 1.54) is 31.2 Å². The second-order valence-electron chi connectivity index (χ2n) is 7.16. The predicted octanol–water partition coefficient (Wildman–Crippen LogP) is 5.29. The highest BCUT2D eigenvalue weighted by molar-refractivity contribution is 5.95. The standard InChI is InChI=1S/C20H17F6NO4/c1-18(17(28)27-14-5-7-15(8-6-14)31-20(24,25)26)10-29-16(30-11-18)12-3-2-4-13(9-12)19(21,22)23/h2-9,16H,10-11H2,1H3,(H,27,28). The van der Waals surface area contributed by atoms with Crippen LogP contribution in [0.3, 0.4) is 0 Å². The Morgan fingerprint density at radius 3 is 2.19 bits per heavy atom. The number of carbonyl (C=O) groups is 1. The van der Waals surface area contributed by atoms with Gasteiger partial charge in [0.05, 0.1) is 24.2 Å². The molecule has 3 rings (SSSR count). The summed E-state index contributed by atoms with van der Waals surface area (Å²) in [6.45, 7) is 1.25. The van der Waals surface area contributed by atoms with Gasteiger partial charge in [0.15, 0.2) is 6.29 Å². The molecule has 0 bridgehead atoms. The molecule has 0 saturated carbocycles. The van der Waals surface area contributed by atoms with Crippen LogP contribution in [0.5, 0.6) is 5.75 Å². The molecule has 1 aliphatic heterocycles. The first-order chi connectivity index (χ1) is 14.4. The molecule has 0 spiro atoms. The van der Waals surface area contributed by atoms with E-state index in [0.717, 1.165) is 24.3 Å². The third-order valence-electron chi connectivity index (χ3n) is 4.49.